The van der Waals surface area contributed by atoms with Crippen LogP contribution in [0.2, 0.25) is 5.02 Å². The number of nitrogens with zero attached hydrogens (tertiary/aromatic N) is 3. The maximum absolute atomic E-state index is 11.9. The van der Waals surface area contributed by atoms with Gasteiger partial charge in [-0.25, -0.2) is 4.79 Å². The average molecular weight is 404 g/mol. The Morgan fingerprint density at radius 2 is 1.86 bits per heavy atom. The van der Waals surface area contributed by atoms with Gasteiger partial charge in [0.25, 0.3) is 11.6 Å². The van der Waals surface area contributed by atoms with E-state index in [1.165, 1.54) is 24.3 Å². The molecule has 0 saturated carbocycles. The standard InChI is InChI=1S/C18H14ClN3O6/c1-11(27-16(23)10-26-15-8-4-13(19)5-9-15)17-20-21-18(28-17)12-2-6-14(7-3-12)22(24)25/h2-9,11H,10H2,1H3/t11-/m0/s1. The van der Waals surface area contributed by atoms with Crippen molar-refractivity contribution in [3.05, 3.63) is 69.6 Å². The van der Waals surface area contributed by atoms with Crippen LogP contribution < -0.4 is 4.74 Å². The van der Waals surface area contributed by atoms with Crippen LogP contribution in [-0.2, 0) is 9.53 Å². The molecule has 0 unspecified atom stereocenters. The molecule has 1 atom stereocenters. The van der Waals surface area contributed by atoms with E-state index in [9.17, 15) is 14.9 Å². The van der Waals surface area contributed by atoms with Crippen molar-refractivity contribution in [2.75, 3.05) is 6.61 Å². The van der Waals surface area contributed by atoms with Crippen molar-refractivity contribution in [3.63, 3.8) is 0 Å². The maximum atomic E-state index is 11.9. The Morgan fingerprint density at radius 3 is 2.50 bits per heavy atom. The molecule has 0 bridgehead atoms. The lowest BCUT2D eigenvalue weighted by molar-refractivity contribution is -0.384. The minimum atomic E-state index is -0.791. The predicted octanol–water partition coefficient (Wildman–Crippen LogP) is 3.98. The fraction of sp³-hybridized carbons (Fsp3) is 0.167. The highest BCUT2D eigenvalue weighted by Gasteiger charge is 2.19. The molecule has 0 aliphatic heterocycles. The zero-order valence-electron chi connectivity index (χ0n) is 14.6. The summed E-state index contributed by atoms with van der Waals surface area (Å²) in [7, 11) is 0. The summed E-state index contributed by atoms with van der Waals surface area (Å²) < 4.78 is 16.0. The van der Waals surface area contributed by atoms with E-state index in [4.69, 9.17) is 25.5 Å². The molecular formula is C18H14ClN3O6. The molecule has 9 nitrogen and oxygen atoms in total. The van der Waals surface area contributed by atoms with E-state index in [2.05, 4.69) is 10.2 Å². The summed E-state index contributed by atoms with van der Waals surface area (Å²) >= 11 is 5.78. The number of nitro groups is 1. The third-order valence-electron chi connectivity index (χ3n) is 3.59. The van der Waals surface area contributed by atoms with Crippen molar-refractivity contribution in [2.24, 2.45) is 0 Å². The highest BCUT2D eigenvalue weighted by molar-refractivity contribution is 6.30. The molecule has 0 spiro atoms. The average Bonchev–Trinajstić information content (AvgIpc) is 3.18. The Kier molecular flexibility index (Phi) is 5.85. The summed E-state index contributed by atoms with van der Waals surface area (Å²) in [4.78, 5) is 22.1. The number of non-ortho nitro benzene ring substituents is 1. The Morgan fingerprint density at radius 1 is 1.18 bits per heavy atom. The van der Waals surface area contributed by atoms with Crippen LogP contribution in [0.5, 0.6) is 5.75 Å². The topological polar surface area (TPSA) is 118 Å². The van der Waals surface area contributed by atoms with Gasteiger partial charge in [-0.1, -0.05) is 11.6 Å². The summed E-state index contributed by atoms with van der Waals surface area (Å²) in [5, 5.41) is 19.0. The Labute approximate surface area is 164 Å². The van der Waals surface area contributed by atoms with Gasteiger partial charge in [0.2, 0.25) is 5.89 Å². The van der Waals surface area contributed by atoms with Crippen molar-refractivity contribution in [1.82, 2.24) is 10.2 Å². The molecule has 28 heavy (non-hydrogen) atoms. The number of carbonyl (C=O) groups is 1. The molecule has 144 valence electrons. The smallest absolute Gasteiger partial charge is 0.344 e. The van der Waals surface area contributed by atoms with Crippen molar-refractivity contribution in [2.45, 2.75) is 13.0 Å². The summed E-state index contributed by atoms with van der Waals surface area (Å²) in [6, 6.07) is 12.2. The van der Waals surface area contributed by atoms with E-state index < -0.39 is 17.0 Å². The fourth-order valence-corrected chi connectivity index (χ4v) is 2.32. The number of hydrogen-bond acceptors (Lipinski definition) is 8. The van der Waals surface area contributed by atoms with Gasteiger partial charge in [0.05, 0.1) is 4.92 Å². The number of nitro benzene ring substituents is 1. The molecule has 1 heterocycles. The van der Waals surface area contributed by atoms with E-state index in [-0.39, 0.29) is 24.1 Å². The molecule has 0 N–H and O–H groups in total. The molecule has 3 rings (SSSR count). The Balaban J connectivity index is 1.57. The zero-order valence-corrected chi connectivity index (χ0v) is 15.3. The number of carbonyl (C=O) groups excluding carboxylic acids is 1. The molecule has 0 aliphatic carbocycles. The Bertz CT molecular complexity index is 972. The molecule has 0 fully saturated rings. The van der Waals surface area contributed by atoms with Gasteiger partial charge in [0.15, 0.2) is 12.7 Å². The van der Waals surface area contributed by atoms with Crippen molar-refractivity contribution in [3.8, 4) is 17.2 Å². The van der Waals surface area contributed by atoms with Crippen LogP contribution in [0.1, 0.15) is 18.9 Å². The highest BCUT2D eigenvalue weighted by Crippen LogP contribution is 2.24. The first-order chi connectivity index (χ1) is 13.4. The molecule has 0 saturated heterocycles. The molecule has 1 aromatic heterocycles. The fourth-order valence-electron chi connectivity index (χ4n) is 2.20. The van der Waals surface area contributed by atoms with Crippen molar-refractivity contribution >= 4 is 23.3 Å². The first kappa shape index (κ1) is 19.3. The van der Waals surface area contributed by atoms with Gasteiger partial charge in [0, 0.05) is 22.7 Å². The number of rotatable bonds is 7. The van der Waals surface area contributed by atoms with Gasteiger partial charge in [-0.3, -0.25) is 10.1 Å². The molecule has 10 heteroatoms. The number of esters is 1. The lowest BCUT2D eigenvalue weighted by atomic mass is 10.2. The van der Waals surface area contributed by atoms with Crippen LogP contribution in [-0.4, -0.2) is 27.7 Å². The van der Waals surface area contributed by atoms with Crippen LogP contribution in [0.3, 0.4) is 0 Å². The lowest BCUT2D eigenvalue weighted by Crippen LogP contribution is -2.17. The number of halogens is 1. The van der Waals surface area contributed by atoms with Crippen LogP contribution >= 0.6 is 11.6 Å². The first-order valence-electron chi connectivity index (χ1n) is 8.08. The summed E-state index contributed by atoms with van der Waals surface area (Å²) in [5.74, 6) is 0.114. The first-order valence-corrected chi connectivity index (χ1v) is 8.46. The molecule has 0 amide bonds. The van der Waals surface area contributed by atoms with E-state index in [0.717, 1.165) is 0 Å². The minimum absolute atomic E-state index is 0.0496. The van der Waals surface area contributed by atoms with E-state index in [1.807, 2.05) is 0 Å². The van der Waals surface area contributed by atoms with E-state index >= 15 is 0 Å². The molecule has 2 aromatic carbocycles. The number of aromatic nitrogens is 2. The summed E-state index contributed by atoms with van der Waals surface area (Å²) in [6.07, 6.45) is -0.791. The third kappa shape index (κ3) is 4.83. The van der Waals surface area contributed by atoms with E-state index in [1.54, 1.807) is 31.2 Å². The summed E-state index contributed by atoms with van der Waals surface area (Å²) in [6.45, 7) is 1.28. The van der Waals surface area contributed by atoms with Gasteiger partial charge < -0.3 is 13.9 Å². The number of hydrogen-bond donors (Lipinski definition) is 0. The number of benzene rings is 2. The monoisotopic (exact) mass is 403 g/mol. The third-order valence-corrected chi connectivity index (χ3v) is 3.84. The van der Waals surface area contributed by atoms with Gasteiger partial charge in [-0.2, -0.15) is 0 Å². The minimum Gasteiger partial charge on any atom is -0.482 e. The second-order valence-electron chi connectivity index (χ2n) is 5.62. The van der Waals surface area contributed by atoms with Gasteiger partial charge in [-0.15, -0.1) is 10.2 Å². The normalized spacial score (nSPS) is 11.6. The molecule has 3 aromatic rings. The van der Waals surface area contributed by atoms with Crippen molar-refractivity contribution in [1.29, 1.82) is 0 Å². The highest BCUT2D eigenvalue weighted by atomic mass is 35.5. The zero-order chi connectivity index (χ0) is 20.1. The van der Waals surface area contributed by atoms with Crippen LogP contribution in [0, 0.1) is 10.1 Å². The number of ether oxygens (including phenoxy) is 2. The van der Waals surface area contributed by atoms with Gasteiger partial charge in [0.1, 0.15) is 5.75 Å². The summed E-state index contributed by atoms with van der Waals surface area (Å²) in [5.41, 5.74) is 0.459. The van der Waals surface area contributed by atoms with Gasteiger partial charge in [-0.05, 0) is 43.3 Å². The second-order valence-corrected chi connectivity index (χ2v) is 6.06. The van der Waals surface area contributed by atoms with Crippen molar-refractivity contribution < 1.29 is 23.6 Å². The lowest BCUT2D eigenvalue weighted by Gasteiger charge is -2.10. The molecular weight excluding hydrogens is 390 g/mol. The SMILES string of the molecule is C[C@H](OC(=O)COc1ccc(Cl)cc1)c1nnc(-c2ccc([N+](=O)[O-])cc2)o1. The largest absolute Gasteiger partial charge is 0.482 e. The maximum Gasteiger partial charge on any atom is 0.344 e. The van der Waals surface area contributed by atoms with Crippen LogP contribution in [0.4, 0.5) is 5.69 Å². The van der Waals surface area contributed by atoms with E-state index in [0.29, 0.717) is 16.3 Å². The van der Waals surface area contributed by atoms with Gasteiger partial charge >= 0.3 is 5.97 Å². The Hall–Kier alpha value is -3.46. The predicted molar refractivity (Wildman–Crippen MR) is 97.8 cm³/mol. The second kappa shape index (κ2) is 8.49. The van der Waals surface area contributed by atoms with Crippen LogP contribution in [0.25, 0.3) is 11.5 Å². The quantitative estimate of drug-likeness (QED) is 0.330. The van der Waals surface area contributed by atoms with Crippen LogP contribution in [0.15, 0.2) is 52.9 Å². The molecule has 0 aliphatic rings. The molecule has 0 radical (unpaired) electrons.